The van der Waals surface area contributed by atoms with E-state index < -0.39 is 0 Å². The molecule has 1 saturated heterocycles. The molecule has 4 rings (SSSR count). The third-order valence-corrected chi connectivity index (χ3v) is 6.23. The number of benzene rings is 2. The van der Waals surface area contributed by atoms with E-state index >= 15 is 0 Å². The van der Waals surface area contributed by atoms with Crippen LogP contribution in [0, 0.1) is 5.92 Å². The fourth-order valence-electron chi connectivity index (χ4n) is 4.94. The number of likely N-dealkylation sites (tertiary alicyclic amines) is 1. The summed E-state index contributed by atoms with van der Waals surface area (Å²) in [4.78, 5) is 15.6. The first kappa shape index (κ1) is 16.5. The topological polar surface area (TPSA) is 20.3 Å². The van der Waals surface area contributed by atoms with E-state index in [0.717, 1.165) is 25.8 Å². The molecule has 0 amide bonds. The second-order valence-electron chi connectivity index (χ2n) is 7.61. The van der Waals surface area contributed by atoms with Gasteiger partial charge >= 0.3 is 0 Å². The highest BCUT2D eigenvalue weighted by Crippen LogP contribution is 2.45. The van der Waals surface area contributed by atoms with Crippen molar-refractivity contribution in [2.45, 2.75) is 50.6 Å². The lowest BCUT2D eigenvalue weighted by atomic mass is 9.82. The number of hydrogen-bond donors (Lipinski definition) is 0. The molecule has 0 unspecified atom stereocenters. The molecule has 2 aromatic rings. The molecule has 2 aromatic carbocycles. The van der Waals surface area contributed by atoms with Crippen LogP contribution in [0.15, 0.2) is 60.7 Å². The van der Waals surface area contributed by atoms with Crippen molar-refractivity contribution in [1.82, 2.24) is 4.90 Å². The van der Waals surface area contributed by atoms with Crippen LogP contribution in [-0.2, 0) is 4.79 Å². The van der Waals surface area contributed by atoms with Gasteiger partial charge in [0.25, 0.3) is 0 Å². The van der Waals surface area contributed by atoms with Crippen molar-refractivity contribution in [2.75, 3.05) is 6.54 Å². The Kier molecular flexibility index (Phi) is 4.72. The number of fused-ring (bicyclic) bond motifs is 1. The van der Waals surface area contributed by atoms with E-state index in [2.05, 4.69) is 72.5 Å². The van der Waals surface area contributed by atoms with Gasteiger partial charge in [0.2, 0.25) is 0 Å². The van der Waals surface area contributed by atoms with E-state index in [1.807, 2.05) is 0 Å². The highest BCUT2D eigenvalue weighted by atomic mass is 16.1. The predicted octanol–water partition coefficient (Wildman–Crippen LogP) is 4.97. The second kappa shape index (κ2) is 7.13. The van der Waals surface area contributed by atoms with Gasteiger partial charge in [0, 0.05) is 36.9 Å². The van der Waals surface area contributed by atoms with Crippen LogP contribution in [0.5, 0.6) is 0 Å². The molecule has 130 valence electrons. The second-order valence-corrected chi connectivity index (χ2v) is 7.61. The Morgan fingerprint density at radius 1 is 0.960 bits per heavy atom. The molecule has 1 aliphatic heterocycles. The number of rotatable bonds is 3. The van der Waals surface area contributed by atoms with Gasteiger partial charge in [-0.1, -0.05) is 67.1 Å². The minimum absolute atomic E-state index is 0.163. The Balaban J connectivity index is 1.69. The fourth-order valence-corrected chi connectivity index (χ4v) is 4.94. The van der Waals surface area contributed by atoms with Gasteiger partial charge in [0.15, 0.2) is 0 Å². The third kappa shape index (κ3) is 3.16. The highest BCUT2D eigenvalue weighted by molar-refractivity contribution is 5.83. The van der Waals surface area contributed by atoms with Gasteiger partial charge in [-0.25, -0.2) is 0 Å². The standard InChI is InChI=1S/C23H27NO/c1-17(18-10-4-2-5-11-18)24-16-20(19-12-6-3-7-13-19)23-21(24)14-8-9-15-22(23)25/h2-7,10-13,17,20-21,23H,8-9,14-16H2,1H3/t17-,20-,21+,23-/m1/s1. The molecule has 1 heterocycles. The summed E-state index contributed by atoms with van der Waals surface area (Å²) in [7, 11) is 0. The van der Waals surface area contributed by atoms with E-state index in [4.69, 9.17) is 0 Å². The third-order valence-electron chi connectivity index (χ3n) is 6.23. The van der Waals surface area contributed by atoms with Crippen molar-refractivity contribution in [3.05, 3.63) is 71.8 Å². The highest BCUT2D eigenvalue weighted by Gasteiger charge is 2.47. The summed E-state index contributed by atoms with van der Waals surface area (Å²) >= 11 is 0. The maximum Gasteiger partial charge on any atom is 0.138 e. The van der Waals surface area contributed by atoms with Gasteiger partial charge in [0.1, 0.15) is 5.78 Å². The maximum atomic E-state index is 13.0. The Labute approximate surface area is 150 Å². The normalized spacial score (nSPS) is 28.4. The van der Waals surface area contributed by atoms with Gasteiger partial charge in [0.05, 0.1) is 0 Å². The SMILES string of the molecule is C[C@H](c1ccccc1)N1C[C@H](c2ccccc2)[C@H]2C(=O)CCCC[C@@H]21. The first-order valence-electron chi connectivity index (χ1n) is 9.64. The van der Waals surface area contributed by atoms with Crippen molar-refractivity contribution in [1.29, 1.82) is 0 Å². The summed E-state index contributed by atoms with van der Waals surface area (Å²) in [5.74, 6) is 0.984. The zero-order valence-electron chi connectivity index (χ0n) is 15.0. The average molecular weight is 333 g/mol. The number of Topliss-reactive ketones (excluding diaryl/α,β-unsaturated/α-hetero) is 1. The van der Waals surface area contributed by atoms with E-state index in [1.165, 1.54) is 17.5 Å². The zero-order chi connectivity index (χ0) is 17.2. The van der Waals surface area contributed by atoms with E-state index in [-0.39, 0.29) is 5.92 Å². The van der Waals surface area contributed by atoms with E-state index in [1.54, 1.807) is 0 Å². The van der Waals surface area contributed by atoms with Crippen molar-refractivity contribution >= 4 is 5.78 Å². The molecule has 1 aliphatic carbocycles. The molecule has 25 heavy (non-hydrogen) atoms. The monoisotopic (exact) mass is 333 g/mol. The molecule has 0 radical (unpaired) electrons. The van der Waals surface area contributed by atoms with Gasteiger partial charge in [-0.3, -0.25) is 9.69 Å². The lowest BCUT2D eigenvalue weighted by Crippen LogP contribution is -2.36. The van der Waals surface area contributed by atoms with Gasteiger partial charge in [-0.2, -0.15) is 0 Å². The smallest absolute Gasteiger partial charge is 0.138 e. The zero-order valence-corrected chi connectivity index (χ0v) is 15.0. The lowest BCUT2D eigenvalue weighted by Gasteiger charge is -2.32. The molecule has 0 aromatic heterocycles. The summed E-state index contributed by atoms with van der Waals surface area (Å²) in [5.41, 5.74) is 2.68. The Morgan fingerprint density at radius 3 is 2.36 bits per heavy atom. The van der Waals surface area contributed by atoms with Gasteiger partial charge in [-0.15, -0.1) is 0 Å². The number of hydrogen-bond acceptors (Lipinski definition) is 2. The summed E-state index contributed by atoms with van der Waals surface area (Å²) < 4.78 is 0. The van der Waals surface area contributed by atoms with E-state index in [9.17, 15) is 4.79 Å². The van der Waals surface area contributed by atoms with Crippen LogP contribution in [-0.4, -0.2) is 23.3 Å². The number of carbonyl (C=O) groups is 1. The van der Waals surface area contributed by atoms with Crippen LogP contribution in [0.4, 0.5) is 0 Å². The first-order valence-corrected chi connectivity index (χ1v) is 9.64. The van der Waals surface area contributed by atoms with Crippen LogP contribution in [0.25, 0.3) is 0 Å². The molecule has 2 nitrogen and oxygen atoms in total. The number of nitrogens with zero attached hydrogens (tertiary/aromatic N) is 1. The summed E-state index contributed by atoms with van der Waals surface area (Å²) in [5, 5.41) is 0. The predicted molar refractivity (Wildman–Crippen MR) is 101 cm³/mol. The van der Waals surface area contributed by atoms with Gasteiger partial charge < -0.3 is 0 Å². The molecular weight excluding hydrogens is 306 g/mol. The largest absolute Gasteiger partial charge is 0.299 e. The Hall–Kier alpha value is -1.93. The quantitative estimate of drug-likeness (QED) is 0.790. The van der Waals surface area contributed by atoms with Crippen LogP contribution in [0.1, 0.15) is 55.7 Å². The molecule has 4 atom stereocenters. The molecule has 0 bridgehead atoms. The van der Waals surface area contributed by atoms with Crippen LogP contribution in [0.2, 0.25) is 0 Å². The number of carbonyl (C=O) groups excluding carboxylic acids is 1. The summed E-state index contributed by atoms with van der Waals surface area (Å²) in [6.07, 6.45) is 4.14. The van der Waals surface area contributed by atoms with Crippen LogP contribution < -0.4 is 0 Å². The van der Waals surface area contributed by atoms with Crippen molar-refractivity contribution in [2.24, 2.45) is 5.92 Å². The van der Waals surface area contributed by atoms with Crippen molar-refractivity contribution in [3.8, 4) is 0 Å². The molecule has 2 heteroatoms. The molecule has 1 saturated carbocycles. The molecule has 0 spiro atoms. The van der Waals surface area contributed by atoms with E-state index in [0.29, 0.717) is 23.8 Å². The molecule has 0 N–H and O–H groups in total. The average Bonchev–Trinajstić information content (AvgIpc) is 2.95. The summed E-state index contributed by atoms with van der Waals surface area (Å²) in [6.45, 7) is 3.29. The Bertz CT molecular complexity index is 711. The van der Waals surface area contributed by atoms with Gasteiger partial charge in [-0.05, 0) is 30.9 Å². The van der Waals surface area contributed by atoms with Crippen LogP contribution in [0.3, 0.4) is 0 Å². The van der Waals surface area contributed by atoms with Crippen LogP contribution >= 0.6 is 0 Å². The first-order chi connectivity index (χ1) is 12.3. The lowest BCUT2D eigenvalue weighted by molar-refractivity contribution is -0.123. The minimum Gasteiger partial charge on any atom is -0.299 e. The minimum atomic E-state index is 0.163. The Morgan fingerprint density at radius 2 is 1.64 bits per heavy atom. The molecule has 2 fully saturated rings. The molecular formula is C23H27NO. The van der Waals surface area contributed by atoms with Crippen molar-refractivity contribution < 1.29 is 4.79 Å². The maximum absolute atomic E-state index is 13.0. The summed E-state index contributed by atoms with van der Waals surface area (Å²) in [6, 6.07) is 22.2. The van der Waals surface area contributed by atoms with Crippen molar-refractivity contribution in [3.63, 3.8) is 0 Å². The molecule has 2 aliphatic rings. The number of ketones is 1. The fraction of sp³-hybridized carbons (Fsp3) is 0.435.